The van der Waals surface area contributed by atoms with Crippen LogP contribution < -0.4 is 4.90 Å². The molecule has 1 rings (SSSR count). The van der Waals surface area contributed by atoms with Crippen LogP contribution in [0.1, 0.15) is 5.56 Å². The number of carboxylic acid groups (broad SMARTS) is 1. The molecule has 0 amide bonds. The summed E-state index contributed by atoms with van der Waals surface area (Å²) in [5, 5.41) is 8.62. The van der Waals surface area contributed by atoms with Gasteiger partial charge in [0.05, 0.1) is 0 Å². The Hall–Kier alpha value is -1.33. The zero-order valence-electron chi connectivity index (χ0n) is 11.4. The number of anilines is 1. The molecule has 4 nitrogen and oxygen atoms in total. The Bertz CT molecular complexity index is 473. The maximum absolute atomic E-state index is 10.5. The summed E-state index contributed by atoms with van der Waals surface area (Å²) in [6.07, 6.45) is 2.71. The first-order valence-electron chi connectivity index (χ1n) is 5.96. The average Bonchev–Trinajstić information content (AvgIpc) is 2.34. The number of likely N-dealkylation sites (N-methyl/N-ethyl adjacent to an activating group) is 2. The van der Waals surface area contributed by atoms with Crippen molar-refractivity contribution in [2.24, 2.45) is 0 Å². The third kappa shape index (κ3) is 5.44. The van der Waals surface area contributed by atoms with Gasteiger partial charge < -0.3 is 14.9 Å². The number of benzene rings is 1. The van der Waals surface area contributed by atoms with Crippen LogP contribution in [0.2, 0.25) is 0 Å². The van der Waals surface area contributed by atoms with E-state index in [2.05, 4.69) is 25.7 Å². The Morgan fingerprint density at radius 2 is 2.00 bits per heavy atom. The van der Waals surface area contributed by atoms with Crippen molar-refractivity contribution in [1.29, 1.82) is 0 Å². The van der Waals surface area contributed by atoms with Crippen molar-refractivity contribution >= 4 is 33.7 Å². The van der Waals surface area contributed by atoms with Gasteiger partial charge in [0, 0.05) is 36.4 Å². The van der Waals surface area contributed by atoms with E-state index in [-0.39, 0.29) is 0 Å². The highest BCUT2D eigenvalue weighted by molar-refractivity contribution is 9.10. The number of aliphatic carboxylic acids is 1. The molecule has 104 valence electrons. The first-order valence-corrected chi connectivity index (χ1v) is 6.76. The van der Waals surface area contributed by atoms with Crippen molar-refractivity contribution in [1.82, 2.24) is 4.90 Å². The summed E-state index contributed by atoms with van der Waals surface area (Å²) in [5.41, 5.74) is 1.95. The third-order valence-electron chi connectivity index (χ3n) is 2.71. The fourth-order valence-electron chi connectivity index (χ4n) is 1.53. The maximum atomic E-state index is 10.5. The van der Waals surface area contributed by atoms with Gasteiger partial charge in [-0.15, -0.1) is 0 Å². The smallest absolute Gasteiger partial charge is 0.328 e. The topological polar surface area (TPSA) is 43.8 Å². The molecular weight excluding hydrogens is 308 g/mol. The minimum atomic E-state index is -0.945. The van der Waals surface area contributed by atoms with E-state index in [1.165, 1.54) is 0 Å². The Balaban J connectivity index is 2.78. The Morgan fingerprint density at radius 3 is 2.53 bits per heavy atom. The first kappa shape index (κ1) is 15.7. The summed E-state index contributed by atoms with van der Waals surface area (Å²) in [6.45, 7) is 1.92. The molecule has 0 fully saturated rings. The minimum absolute atomic E-state index is 0.854. The van der Waals surface area contributed by atoms with Gasteiger partial charge in [-0.1, -0.05) is 22.0 Å². The summed E-state index contributed by atoms with van der Waals surface area (Å²) < 4.78 is 0.888. The lowest BCUT2D eigenvalue weighted by molar-refractivity contribution is -0.131. The van der Waals surface area contributed by atoms with Crippen LogP contribution in [0.25, 0.3) is 6.08 Å². The molecule has 0 bridgehead atoms. The van der Waals surface area contributed by atoms with Crippen LogP contribution in [0.5, 0.6) is 0 Å². The zero-order chi connectivity index (χ0) is 14.4. The largest absolute Gasteiger partial charge is 0.478 e. The Morgan fingerprint density at radius 1 is 1.32 bits per heavy atom. The van der Waals surface area contributed by atoms with E-state index >= 15 is 0 Å². The van der Waals surface area contributed by atoms with Crippen LogP contribution in [0.15, 0.2) is 28.7 Å². The molecule has 0 heterocycles. The Kier molecular flexibility index (Phi) is 6.05. The van der Waals surface area contributed by atoms with E-state index in [9.17, 15) is 4.79 Å². The Labute approximate surface area is 122 Å². The monoisotopic (exact) mass is 326 g/mol. The fraction of sp³-hybridized carbons (Fsp3) is 0.357. The molecule has 1 N–H and O–H groups in total. The number of rotatable bonds is 6. The molecule has 0 unspecified atom stereocenters. The summed E-state index contributed by atoms with van der Waals surface area (Å²) in [7, 11) is 6.13. The number of halogens is 1. The lowest BCUT2D eigenvalue weighted by Crippen LogP contribution is -2.28. The van der Waals surface area contributed by atoms with Crippen LogP contribution >= 0.6 is 15.9 Å². The quantitative estimate of drug-likeness (QED) is 0.816. The van der Waals surface area contributed by atoms with Crippen LogP contribution in [-0.2, 0) is 4.79 Å². The van der Waals surface area contributed by atoms with Gasteiger partial charge in [0.25, 0.3) is 0 Å². The predicted molar refractivity (Wildman–Crippen MR) is 82.6 cm³/mol. The summed E-state index contributed by atoms with van der Waals surface area (Å²) in [6, 6.07) is 5.89. The molecule has 0 aliphatic rings. The van der Waals surface area contributed by atoms with Crippen molar-refractivity contribution in [3.63, 3.8) is 0 Å². The van der Waals surface area contributed by atoms with E-state index < -0.39 is 5.97 Å². The summed E-state index contributed by atoms with van der Waals surface area (Å²) in [5.74, 6) is -0.945. The molecule has 0 spiro atoms. The molecule has 19 heavy (non-hydrogen) atoms. The second-order valence-electron chi connectivity index (χ2n) is 4.60. The SMILES string of the molecule is CN(C)CCN(C)c1ccc(/C=C/C(=O)O)c(Br)c1. The number of carboxylic acids is 1. The molecule has 0 aromatic heterocycles. The second kappa shape index (κ2) is 7.31. The van der Waals surface area contributed by atoms with E-state index in [4.69, 9.17) is 5.11 Å². The molecule has 1 aromatic rings. The average molecular weight is 327 g/mol. The minimum Gasteiger partial charge on any atom is -0.478 e. The number of hydrogen-bond acceptors (Lipinski definition) is 3. The van der Waals surface area contributed by atoms with E-state index in [0.29, 0.717) is 0 Å². The van der Waals surface area contributed by atoms with E-state index in [1.807, 2.05) is 39.3 Å². The van der Waals surface area contributed by atoms with Crippen LogP contribution in [0.4, 0.5) is 5.69 Å². The van der Waals surface area contributed by atoms with E-state index in [0.717, 1.165) is 34.9 Å². The number of carbonyl (C=O) groups is 1. The van der Waals surface area contributed by atoms with Gasteiger partial charge in [0.2, 0.25) is 0 Å². The standard InChI is InChI=1S/C14H19BrN2O2/c1-16(2)8-9-17(3)12-6-4-11(13(15)10-12)5-7-14(18)19/h4-7,10H,8-9H2,1-3H3,(H,18,19)/b7-5+. The lowest BCUT2D eigenvalue weighted by atomic mass is 10.2. The van der Waals surface area contributed by atoms with Crippen LogP contribution in [0, 0.1) is 0 Å². The van der Waals surface area contributed by atoms with Gasteiger partial charge in [-0.05, 0) is 37.9 Å². The number of hydrogen-bond donors (Lipinski definition) is 1. The first-order chi connectivity index (χ1) is 8.90. The van der Waals surface area contributed by atoms with Crippen molar-refractivity contribution in [2.75, 3.05) is 39.1 Å². The highest BCUT2D eigenvalue weighted by Crippen LogP contribution is 2.24. The van der Waals surface area contributed by atoms with Gasteiger partial charge in [0.15, 0.2) is 0 Å². The lowest BCUT2D eigenvalue weighted by Gasteiger charge is -2.22. The third-order valence-corrected chi connectivity index (χ3v) is 3.40. The molecule has 1 aromatic carbocycles. The van der Waals surface area contributed by atoms with Gasteiger partial charge in [-0.25, -0.2) is 4.79 Å². The van der Waals surface area contributed by atoms with Crippen LogP contribution in [0.3, 0.4) is 0 Å². The van der Waals surface area contributed by atoms with Crippen molar-refractivity contribution in [2.45, 2.75) is 0 Å². The van der Waals surface area contributed by atoms with Gasteiger partial charge in [-0.3, -0.25) is 0 Å². The molecule has 5 heteroatoms. The molecule has 0 saturated heterocycles. The molecule has 0 aliphatic carbocycles. The summed E-state index contributed by atoms with van der Waals surface area (Å²) >= 11 is 3.46. The highest BCUT2D eigenvalue weighted by atomic mass is 79.9. The van der Waals surface area contributed by atoms with Gasteiger partial charge >= 0.3 is 5.97 Å². The normalized spacial score (nSPS) is 11.2. The van der Waals surface area contributed by atoms with E-state index in [1.54, 1.807) is 6.08 Å². The predicted octanol–water partition coefficient (Wildman–Crippen LogP) is 2.54. The fourth-order valence-corrected chi connectivity index (χ4v) is 2.03. The molecule has 0 atom stereocenters. The van der Waals surface area contributed by atoms with Crippen LogP contribution in [-0.4, -0.2) is 50.2 Å². The van der Waals surface area contributed by atoms with Gasteiger partial charge in [-0.2, -0.15) is 0 Å². The highest BCUT2D eigenvalue weighted by Gasteiger charge is 2.04. The van der Waals surface area contributed by atoms with Gasteiger partial charge in [0.1, 0.15) is 0 Å². The zero-order valence-corrected chi connectivity index (χ0v) is 13.0. The van der Waals surface area contributed by atoms with Crippen molar-refractivity contribution in [3.05, 3.63) is 34.3 Å². The molecule has 0 radical (unpaired) electrons. The molecule has 0 aliphatic heterocycles. The molecule has 0 saturated carbocycles. The second-order valence-corrected chi connectivity index (χ2v) is 5.46. The molecular formula is C14H19BrN2O2. The summed E-state index contributed by atoms with van der Waals surface area (Å²) in [4.78, 5) is 14.8. The van der Waals surface area contributed by atoms with Crippen molar-refractivity contribution < 1.29 is 9.90 Å². The van der Waals surface area contributed by atoms with Crippen molar-refractivity contribution in [3.8, 4) is 0 Å². The number of nitrogens with zero attached hydrogens (tertiary/aromatic N) is 2. The maximum Gasteiger partial charge on any atom is 0.328 e.